The number of benzene rings is 1. The van der Waals surface area contributed by atoms with Gasteiger partial charge < -0.3 is 5.32 Å². The standard InChI is InChI=1S/C14H21ClFN/c1-3-4-5-6-12(17-2)9-11-7-8-13(15)14(16)10-11/h7-8,10,12,17H,3-6,9H2,1-2H3. The Balaban J connectivity index is 2.51. The number of unbranched alkanes of at least 4 members (excludes halogenated alkanes) is 2. The van der Waals surface area contributed by atoms with E-state index in [0.29, 0.717) is 6.04 Å². The molecule has 0 aliphatic heterocycles. The highest BCUT2D eigenvalue weighted by molar-refractivity contribution is 6.30. The van der Waals surface area contributed by atoms with Gasteiger partial charge in [0.1, 0.15) is 5.82 Å². The second-order valence-electron chi connectivity index (χ2n) is 4.43. The molecule has 1 N–H and O–H groups in total. The molecule has 0 saturated carbocycles. The molecule has 3 heteroatoms. The smallest absolute Gasteiger partial charge is 0.142 e. The number of halogens is 2. The zero-order valence-electron chi connectivity index (χ0n) is 10.6. The summed E-state index contributed by atoms with van der Waals surface area (Å²) in [5.74, 6) is -0.326. The van der Waals surface area contributed by atoms with Crippen LogP contribution in [0.1, 0.15) is 38.2 Å². The molecule has 0 spiro atoms. The van der Waals surface area contributed by atoms with E-state index in [4.69, 9.17) is 11.6 Å². The maximum absolute atomic E-state index is 13.3. The molecule has 0 saturated heterocycles. The molecule has 1 unspecified atom stereocenters. The molecule has 0 aromatic heterocycles. The lowest BCUT2D eigenvalue weighted by Crippen LogP contribution is -2.27. The molecule has 1 rings (SSSR count). The average Bonchev–Trinajstić information content (AvgIpc) is 2.32. The summed E-state index contributed by atoms with van der Waals surface area (Å²) in [5.41, 5.74) is 1.00. The van der Waals surface area contributed by atoms with Crippen molar-refractivity contribution in [3.05, 3.63) is 34.6 Å². The molecule has 1 nitrogen and oxygen atoms in total. The zero-order chi connectivity index (χ0) is 12.7. The molecule has 0 radical (unpaired) electrons. The molecule has 96 valence electrons. The van der Waals surface area contributed by atoms with Crippen LogP contribution in [0.15, 0.2) is 18.2 Å². The Morgan fingerprint density at radius 2 is 2.12 bits per heavy atom. The molecule has 17 heavy (non-hydrogen) atoms. The summed E-state index contributed by atoms with van der Waals surface area (Å²) in [5, 5.41) is 3.48. The number of likely N-dealkylation sites (N-methyl/N-ethyl adjacent to an activating group) is 1. The van der Waals surface area contributed by atoms with Crippen LogP contribution in [0.5, 0.6) is 0 Å². The highest BCUT2D eigenvalue weighted by Crippen LogP contribution is 2.17. The van der Waals surface area contributed by atoms with E-state index in [0.717, 1.165) is 18.4 Å². The largest absolute Gasteiger partial charge is 0.317 e. The van der Waals surface area contributed by atoms with E-state index in [1.807, 2.05) is 13.1 Å². The van der Waals surface area contributed by atoms with Crippen LogP contribution in [-0.2, 0) is 6.42 Å². The van der Waals surface area contributed by atoms with Crippen LogP contribution in [0.25, 0.3) is 0 Å². The van der Waals surface area contributed by atoms with Crippen molar-refractivity contribution in [2.75, 3.05) is 7.05 Å². The van der Waals surface area contributed by atoms with Crippen molar-refractivity contribution in [2.24, 2.45) is 0 Å². The van der Waals surface area contributed by atoms with Crippen LogP contribution in [0.4, 0.5) is 4.39 Å². The van der Waals surface area contributed by atoms with Crippen molar-refractivity contribution in [2.45, 2.75) is 45.1 Å². The van der Waals surface area contributed by atoms with Gasteiger partial charge in [-0.3, -0.25) is 0 Å². The van der Waals surface area contributed by atoms with Crippen LogP contribution in [0.3, 0.4) is 0 Å². The molecule has 0 amide bonds. The lowest BCUT2D eigenvalue weighted by atomic mass is 10.0. The maximum Gasteiger partial charge on any atom is 0.142 e. The van der Waals surface area contributed by atoms with Gasteiger partial charge in [-0.15, -0.1) is 0 Å². The predicted molar refractivity (Wildman–Crippen MR) is 72.1 cm³/mol. The van der Waals surface area contributed by atoms with Crippen LogP contribution in [0, 0.1) is 5.82 Å². The van der Waals surface area contributed by atoms with Gasteiger partial charge in [-0.1, -0.05) is 43.9 Å². The van der Waals surface area contributed by atoms with Gasteiger partial charge >= 0.3 is 0 Å². The summed E-state index contributed by atoms with van der Waals surface area (Å²) < 4.78 is 13.3. The second-order valence-corrected chi connectivity index (χ2v) is 4.84. The average molecular weight is 258 g/mol. The Bertz CT molecular complexity index is 341. The molecule has 0 heterocycles. The summed E-state index contributed by atoms with van der Waals surface area (Å²) in [7, 11) is 1.96. The van der Waals surface area contributed by atoms with Gasteiger partial charge in [-0.2, -0.15) is 0 Å². The first-order valence-electron chi connectivity index (χ1n) is 6.28. The highest BCUT2D eigenvalue weighted by Gasteiger charge is 2.08. The Morgan fingerprint density at radius 3 is 2.71 bits per heavy atom. The zero-order valence-corrected chi connectivity index (χ0v) is 11.4. The van der Waals surface area contributed by atoms with Crippen LogP contribution >= 0.6 is 11.6 Å². The maximum atomic E-state index is 13.3. The minimum absolute atomic E-state index is 0.195. The normalized spacial score (nSPS) is 12.7. The summed E-state index contributed by atoms with van der Waals surface area (Å²) in [6.07, 6.45) is 5.69. The van der Waals surface area contributed by atoms with Crippen molar-refractivity contribution < 1.29 is 4.39 Å². The predicted octanol–water partition coefficient (Wildman–Crippen LogP) is 4.19. The monoisotopic (exact) mass is 257 g/mol. The summed E-state index contributed by atoms with van der Waals surface area (Å²) in [6.45, 7) is 2.20. The molecule has 1 aromatic carbocycles. The van der Waals surface area contributed by atoms with Gasteiger partial charge in [-0.05, 0) is 37.6 Å². The molecule has 0 aliphatic rings. The van der Waals surface area contributed by atoms with E-state index < -0.39 is 0 Å². The minimum Gasteiger partial charge on any atom is -0.317 e. The Kier molecular flexibility index (Phi) is 6.53. The highest BCUT2D eigenvalue weighted by atomic mass is 35.5. The van der Waals surface area contributed by atoms with Gasteiger partial charge in [0.2, 0.25) is 0 Å². The fraction of sp³-hybridized carbons (Fsp3) is 0.571. The van der Waals surface area contributed by atoms with E-state index in [-0.39, 0.29) is 10.8 Å². The summed E-state index contributed by atoms with van der Waals surface area (Å²) >= 11 is 5.66. The Hall–Kier alpha value is -0.600. The quantitative estimate of drug-likeness (QED) is 0.723. The molecule has 1 aromatic rings. The first kappa shape index (κ1) is 14.5. The van der Waals surface area contributed by atoms with Gasteiger partial charge in [0, 0.05) is 6.04 Å². The fourth-order valence-corrected chi connectivity index (χ4v) is 2.06. The number of rotatable bonds is 7. The molecule has 0 fully saturated rings. The summed E-state index contributed by atoms with van der Waals surface area (Å²) in [4.78, 5) is 0. The molecular formula is C14H21ClFN. The third-order valence-electron chi connectivity index (χ3n) is 3.03. The van der Waals surface area contributed by atoms with Crippen LogP contribution < -0.4 is 5.32 Å². The molecule has 0 bridgehead atoms. The fourth-order valence-electron chi connectivity index (χ4n) is 1.94. The SMILES string of the molecule is CCCCCC(Cc1ccc(Cl)c(F)c1)NC. The number of hydrogen-bond acceptors (Lipinski definition) is 1. The van der Waals surface area contributed by atoms with Gasteiger partial charge in [0.25, 0.3) is 0 Å². The van der Waals surface area contributed by atoms with Crippen molar-refractivity contribution in [1.82, 2.24) is 5.32 Å². The van der Waals surface area contributed by atoms with Crippen molar-refractivity contribution in [3.8, 4) is 0 Å². The Labute approximate surface area is 108 Å². The second kappa shape index (κ2) is 7.67. The summed E-state index contributed by atoms with van der Waals surface area (Å²) in [6, 6.07) is 5.48. The van der Waals surface area contributed by atoms with E-state index in [1.54, 1.807) is 6.07 Å². The van der Waals surface area contributed by atoms with E-state index >= 15 is 0 Å². The molecule has 0 aliphatic carbocycles. The number of nitrogens with one attached hydrogen (secondary N) is 1. The van der Waals surface area contributed by atoms with Gasteiger partial charge in [0.15, 0.2) is 0 Å². The van der Waals surface area contributed by atoms with Gasteiger partial charge in [-0.25, -0.2) is 4.39 Å². The van der Waals surface area contributed by atoms with Crippen molar-refractivity contribution >= 4 is 11.6 Å². The first-order valence-corrected chi connectivity index (χ1v) is 6.66. The van der Waals surface area contributed by atoms with E-state index in [2.05, 4.69) is 12.2 Å². The van der Waals surface area contributed by atoms with Crippen LogP contribution in [-0.4, -0.2) is 13.1 Å². The molecule has 1 atom stereocenters. The van der Waals surface area contributed by atoms with Crippen molar-refractivity contribution in [3.63, 3.8) is 0 Å². The third-order valence-corrected chi connectivity index (χ3v) is 3.34. The lowest BCUT2D eigenvalue weighted by Gasteiger charge is -2.16. The van der Waals surface area contributed by atoms with Gasteiger partial charge in [0.05, 0.1) is 5.02 Å². The van der Waals surface area contributed by atoms with Crippen molar-refractivity contribution in [1.29, 1.82) is 0 Å². The molecular weight excluding hydrogens is 237 g/mol. The number of hydrogen-bond donors (Lipinski definition) is 1. The minimum atomic E-state index is -0.326. The van der Waals surface area contributed by atoms with E-state index in [1.165, 1.54) is 25.3 Å². The topological polar surface area (TPSA) is 12.0 Å². The third kappa shape index (κ3) is 5.05. The van der Waals surface area contributed by atoms with Crippen LogP contribution in [0.2, 0.25) is 5.02 Å². The first-order chi connectivity index (χ1) is 8.17. The lowest BCUT2D eigenvalue weighted by molar-refractivity contribution is 0.489. The Morgan fingerprint density at radius 1 is 1.35 bits per heavy atom. The van der Waals surface area contributed by atoms with E-state index in [9.17, 15) is 4.39 Å².